The van der Waals surface area contributed by atoms with E-state index < -0.39 is 11.7 Å². The van der Waals surface area contributed by atoms with Gasteiger partial charge in [0, 0.05) is 5.02 Å². The molecule has 2 aromatic rings. The van der Waals surface area contributed by atoms with Crippen LogP contribution in [-0.2, 0) is 4.79 Å². The van der Waals surface area contributed by atoms with Crippen molar-refractivity contribution in [3.63, 3.8) is 0 Å². The molecular formula is C17H14ClNO3. The molecule has 0 spiro atoms. The van der Waals surface area contributed by atoms with Crippen LogP contribution in [0.25, 0.3) is 0 Å². The molecule has 2 aromatic carbocycles. The summed E-state index contributed by atoms with van der Waals surface area (Å²) in [6, 6.07) is 12.5. The van der Waals surface area contributed by atoms with E-state index in [1.54, 1.807) is 12.1 Å². The van der Waals surface area contributed by atoms with E-state index in [2.05, 4.69) is 0 Å². The number of ketones is 1. The summed E-state index contributed by atoms with van der Waals surface area (Å²) in [5.41, 5.74) is 1.97. The molecule has 0 bridgehead atoms. The van der Waals surface area contributed by atoms with Crippen molar-refractivity contribution in [1.82, 2.24) is 0 Å². The molecule has 0 atom stereocenters. The molecule has 0 aliphatic carbocycles. The Hall–Kier alpha value is -2.33. The molecule has 0 N–H and O–H groups in total. The van der Waals surface area contributed by atoms with Crippen molar-refractivity contribution in [2.75, 3.05) is 18.1 Å². The number of carbonyl (C=O) groups is 2. The van der Waals surface area contributed by atoms with Gasteiger partial charge in [-0.1, -0.05) is 29.8 Å². The molecule has 0 unspecified atom stereocenters. The number of Topliss-reactive ketones (excluding diaryl/α,β-unsaturated/α-hetero) is 1. The van der Waals surface area contributed by atoms with E-state index in [0.29, 0.717) is 29.4 Å². The van der Waals surface area contributed by atoms with E-state index in [1.165, 1.54) is 11.0 Å². The zero-order chi connectivity index (χ0) is 15.7. The average Bonchev–Trinajstić information content (AvgIpc) is 2.74. The molecule has 1 heterocycles. The fourth-order valence-corrected chi connectivity index (χ4v) is 2.63. The Morgan fingerprint density at radius 3 is 2.68 bits per heavy atom. The fraction of sp³-hybridized carbons (Fsp3) is 0.176. The standard InChI is InChI=1S/C17H14ClNO3/c1-11-4-2-3-5-15(11)22-9-8-19-14-7-6-12(18)10-13(14)16(20)17(19)21/h2-7,10H,8-9H2,1H3. The average molecular weight is 316 g/mol. The molecule has 4 nitrogen and oxygen atoms in total. The Morgan fingerprint density at radius 2 is 1.91 bits per heavy atom. The van der Waals surface area contributed by atoms with Gasteiger partial charge >= 0.3 is 0 Å². The maximum absolute atomic E-state index is 12.1. The van der Waals surface area contributed by atoms with Crippen LogP contribution in [-0.4, -0.2) is 24.8 Å². The minimum Gasteiger partial charge on any atom is -0.491 e. The summed E-state index contributed by atoms with van der Waals surface area (Å²) in [5, 5.41) is 0.443. The maximum atomic E-state index is 12.1. The zero-order valence-corrected chi connectivity index (χ0v) is 12.8. The second-order valence-corrected chi connectivity index (χ2v) is 5.50. The van der Waals surface area contributed by atoms with Crippen LogP contribution in [0.4, 0.5) is 5.69 Å². The van der Waals surface area contributed by atoms with Crippen LogP contribution in [0.2, 0.25) is 5.02 Å². The van der Waals surface area contributed by atoms with E-state index in [-0.39, 0.29) is 0 Å². The lowest BCUT2D eigenvalue weighted by atomic mass is 10.1. The van der Waals surface area contributed by atoms with Crippen LogP contribution in [0.3, 0.4) is 0 Å². The SMILES string of the molecule is Cc1ccccc1OCCN1C(=O)C(=O)c2cc(Cl)ccc21. The molecule has 0 aromatic heterocycles. The number of amides is 1. The molecule has 0 radical (unpaired) electrons. The Balaban J connectivity index is 1.73. The lowest BCUT2D eigenvalue weighted by Gasteiger charge is -2.17. The van der Waals surface area contributed by atoms with Crippen LogP contribution < -0.4 is 9.64 Å². The summed E-state index contributed by atoms with van der Waals surface area (Å²) in [6.07, 6.45) is 0. The number of hydrogen-bond acceptors (Lipinski definition) is 3. The second-order valence-electron chi connectivity index (χ2n) is 5.06. The minimum atomic E-state index is -0.536. The topological polar surface area (TPSA) is 46.6 Å². The lowest BCUT2D eigenvalue weighted by molar-refractivity contribution is -0.114. The summed E-state index contributed by atoms with van der Waals surface area (Å²) in [5.74, 6) is -0.282. The number of carbonyl (C=O) groups excluding carboxylic acids is 2. The molecule has 0 saturated heterocycles. The predicted octanol–water partition coefficient (Wildman–Crippen LogP) is 3.26. The van der Waals surface area contributed by atoms with Gasteiger partial charge in [0.05, 0.1) is 17.8 Å². The Labute approximate surface area is 133 Å². The first-order chi connectivity index (χ1) is 10.6. The van der Waals surface area contributed by atoms with Gasteiger partial charge in [-0.25, -0.2) is 0 Å². The predicted molar refractivity (Wildman–Crippen MR) is 84.8 cm³/mol. The van der Waals surface area contributed by atoms with Gasteiger partial charge in [0.1, 0.15) is 12.4 Å². The van der Waals surface area contributed by atoms with Crippen molar-refractivity contribution in [1.29, 1.82) is 0 Å². The van der Waals surface area contributed by atoms with Crippen molar-refractivity contribution in [2.24, 2.45) is 0 Å². The summed E-state index contributed by atoms with van der Waals surface area (Å²) >= 11 is 5.88. The monoisotopic (exact) mass is 315 g/mol. The van der Waals surface area contributed by atoms with E-state index in [0.717, 1.165) is 11.3 Å². The number of ether oxygens (including phenoxy) is 1. The van der Waals surface area contributed by atoms with Crippen LogP contribution in [0.5, 0.6) is 5.75 Å². The van der Waals surface area contributed by atoms with Crippen molar-refractivity contribution >= 4 is 29.0 Å². The van der Waals surface area contributed by atoms with Gasteiger partial charge < -0.3 is 9.64 Å². The number of benzene rings is 2. The number of rotatable bonds is 4. The van der Waals surface area contributed by atoms with Gasteiger partial charge in [-0.15, -0.1) is 0 Å². The molecule has 1 aliphatic heterocycles. The number of fused-ring (bicyclic) bond motifs is 1. The first kappa shape index (κ1) is 14.6. The van der Waals surface area contributed by atoms with Crippen LogP contribution in [0, 0.1) is 6.92 Å². The second kappa shape index (κ2) is 5.81. The summed E-state index contributed by atoms with van der Waals surface area (Å²) < 4.78 is 5.69. The fourth-order valence-electron chi connectivity index (χ4n) is 2.46. The van der Waals surface area contributed by atoms with Crippen LogP contribution >= 0.6 is 11.6 Å². The summed E-state index contributed by atoms with van der Waals surface area (Å²) in [6.45, 7) is 2.58. The van der Waals surface area contributed by atoms with Gasteiger partial charge in [0.2, 0.25) is 0 Å². The van der Waals surface area contributed by atoms with Gasteiger partial charge in [0.25, 0.3) is 11.7 Å². The van der Waals surface area contributed by atoms with Crippen molar-refractivity contribution < 1.29 is 14.3 Å². The maximum Gasteiger partial charge on any atom is 0.299 e. The molecule has 112 valence electrons. The number of aryl methyl sites for hydroxylation is 1. The third-order valence-electron chi connectivity index (χ3n) is 3.60. The van der Waals surface area contributed by atoms with Crippen LogP contribution in [0.1, 0.15) is 15.9 Å². The molecule has 0 fully saturated rings. The van der Waals surface area contributed by atoms with Gasteiger partial charge in [-0.05, 0) is 36.8 Å². The molecule has 1 amide bonds. The quantitative estimate of drug-likeness (QED) is 0.814. The largest absolute Gasteiger partial charge is 0.491 e. The van der Waals surface area contributed by atoms with Crippen molar-refractivity contribution in [3.8, 4) is 5.75 Å². The first-order valence-corrected chi connectivity index (χ1v) is 7.30. The third kappa shape index (κ3) is 2.57. The summed E-state index contributed by atoms with van der Waals surface area (Å²) in [4.78, 5) is 25.5. The highest BCUT2D eigenvalue weighted by Crippen LogP contribution is 2.31. The minimum absolute atomic E-state index is 0.311. The molecule has 5 heteroatoms. The first-order valence-electron chi connectivity index (χ1n) is 6.92. The van der Waals surface area contributed by atoms with E-state index in [1.807, 2.05) is 31.2 Å². The lowest BCUT2D eigenvalue weighted by Crippen LogP contribution is -2.33. The van der Waals surface area contributed by atoms with Crippen molar-refractivity contribution in [2.45, 2.75) is 6.92 Å². The van der Waals surface area contributed by atoms with E-state index in [9.17, 15) is 9.59 Å². The van der Waals surface area contributed by atoms with Gasteiger partial charge in [0.15, 0.2) is 0 Å². The molecule has 0 saturated carbocycles. The highest BCUT2D eigenvalue weighted by atomic mass is 35.5. The molecular weight excluding hydrogens is 302 g/mol. The number of nitrogens with zero attached hydrogens (tertiary/aromatic N) is 1. The highest BCUT2D eigenvalue weighted by Gasteiger charge is 2.35. The van der Waals surface area contributed by atoms with Gasteiger partial charge in [-0.3, -0.25) is 9.59 Å². The number of halogens is 1. The summed E-state index contributed by atoms with van der Waals surface area (Å²) in [7, 11) is 0. The van der Waals surface area contributed by atoms with Crippen molar-refractivity contribution in [3.05, 3.63) is 58.6 Å². The zero-order valence-electron chi connectivity index (χ0n) is 12.0. The Morgan fingerprint density at radius 1 is 1.14 bits per heavy atom. The highest BCUT2D eigenvalue weighted by molar-refractivity contribution is 6.52. The van der Waals surface area contributed by atoms with E-state index >= 15 is 0 Å². The number of anilines is 1. The Kier molecular flexibility index (Phi) is 3.86. The van der Waals surface area contributed by atoms with Crippen LogP contribution in [0.15, 0.2) is 42.5 Å². The van der Waals surface area contributed by atoms with Gasteiger partial charge in [-0.2, -0.15) is 0 Å². The normalized spacial score (nSPS) is 13.5. The number of para-hydroxylation sites is 1. The Bertz CT molecular complexity index is 757. The molecule has 22 heavy (non-hydrogen) atoms. The smallest absolute Gasteiger partial charge is 0.299 e. The molecule has 1 aliphatic rings. The molecule has 3 rings (SSSR count). The van der Waals surface area contributed by atoms with E-state index in [4.69, 9.17) is 16.3 Å². The third-order valence-corrected chi connectivity index (χ3v) is 3.83. The number of hydrogen-bond donors (Lipinski definition) is 0.